The topological polar surface area (TPSA) is 78.8 Å². The molecule has 1 atom stereocenters. The van der Waals surface area contributed by atoms with E-state index >= 15 is 0 Å². The van der Waals surface area contributed by atoms with Gasteiger partial charge in [-0.25, -0.2) is 0 Å². The standard InChI is InChI=1S/C14H19NO4/c1-14(8-16,9-17)15-13(18)11-6-7-19-12-5-3-2-4-10(11)12/h2-5,11,16-17H,6-9H2,1H3,(H,15,18). The number of aliphatic hydroxyl groups is 2. The zero-order valence-corrected chi connectivity index (χ0v) is 10.9. The van der Waals surface area contributed by atoms with Gasteiger partial charge < -0.3 is 20.3 Å². The van der Waals surface area contributed by atoms with Gasteiger partial charge in [-0.2, -0.15) is 0 Å². The highest BCUT2D eigenvalue weighted by atomic mass is 16.5. The number of para-hydroxylation sites is 1. The molecule has 1 unspecified atom stereocenters. The minimum Gasteiger partial charge on any atom is -0.493 e. The lowest BCUT2D eigenvalue weighted by Crippen LogP contribution is -2.53. The zero-order valence-electron chi connectivity index (χ0n) is 10.9. The van der Waals surface area contributed by atoms with Crippen LogP contribution in [0.1, 0.15) is 24.8 Å². The summed E-state index contributed by atoms with van der Waals surface area (Å²) in [5.41, 5.74) is -0.144. The molecule has 0 spiro atoms. The van der Waals surface area contributed by atoms with Crippen LogP contribution >= 0.6 is 0 Å². The van der Waals surface area contributed by atoms with Crippen molar-refractivity contribution in [3.8, 4) is 5.75 Å². The van der Waals surface area contributed by atoms with Gasteiger partial charge in [0.1, 0.15) is 5.75 Å². The van der Waals surface area contributed by atoms with Gasteiger partial charge in [0, 0.05) is 5.56 Å². The van der Waals surface area contributed by atoms with Crippen molar-refractivity contribution in [1.29, 1.82) is 0 Å². The molecular formula is C14H19NO4. The number of amides is 1. The number of carbonyl (C=O) groups excluding carboxylic acids is 1. The van der Waals surface area contributed by atoms with E-state index in [-0.39, 0.29) is 25.0 Å². The van der Waals surface area contributed by atoms with Crippen molar-refractivity contribution in [2.45, 2.75) is 24.8 Å². The number of carbonyl (C=O) groups is 1. The van der Waals surface area contributed by atoms with Crippen molar-refractivity contribution in [1.82, 2.24) is 5.32 Å². The average Bonchev–Trinajstić information content (AvgIpc) is 2.46. The van der Waals surface area contributed by atoms with Gasteiger partial charge in [-0.3, -0.25) is 4.79 Å². The molecule has 1 amide bonds. The molecule has 0 saturated heterocycles. The first-order chi connectivity index (χ1) is 9.09. The Hall–Kier alpha value is -1.59. The third kappa shape index (κ3) is 2.88. The van der Waals surface area contributed by atoms with Crippen LogP contribution in [-0.4, -0.2) is 41.5 Å². The Balaban J connectivity index is 2.17. The summed E-state index contributed by atoms with van der Waals surface area (Å²) in [5.74, 6) is 0.229. The molecule has 2 rings (SSSR count). The van der Waals surface area contributed by atoms with Crippen molar-refractivity contribution in [3.05, 3.63) is 29.8 Å². The molecular weight excluding hydrogens is 246 g/mol. The van der Waals surface area contributed by atoms with Crippen molar-refractivity contribution in [2.75, 3.05) is 19.8 Å². The largest absolute Gasteiger partial charge is 0.493 e. The van der Waals surface area contributed by atoms with Gasteiger partial charge in [0.05, 0.1) is 31.3 Å². The van der Waals surface area contributed by atoms with Crippen LogP contribution in [0.4, 0.5) is 0 Å². The van der Waals surface area contributed by atoms with E-state index in [4.69, 9.17) is 4.74 Å². The number of hydrogen-bond acceptors (Lipinski definition) is 4. The van der Waals surface area contributed by atoms with Crippen LogP contribution in [0.2, 0.25) is 0 Å². The Kier molecular flexibility index (Phi) is 4.07. The van der Waals surface area contributed by atoms with E-state index in [0.29, 0.717) is 13.0 Å². The summed E-state index contributed by atoms with van der Waals surface area (Å²) in [4.78, 5) is 12.3. The van der Waals surface area contributed by atoms with Gasteiger partial charge in [0.15, 0.2) is 0 Å². The monoisotopic (exact) mass is 265 g/mol. The van der Waals surface area contributed by atoms with Gasteiger partial charge in [0.2, 0.25) is 5.91 Å². The molecule has 5 nitrogen and oxygen atoms in total. The fraction of sp³-hybridized carbons (Fsp3) is 0.500. The maximum atomic E-state index is 12.3. The van der Waals surface area contributed by atoms with Crippen LogP contribution in [0.25, 0.3) is 0 Å². The SMILES string of the molecule is CC(CO)(CO)NC(=O)C1CCOc2ccccc21. The zero-order chi connectivity index (χ0) is 13.9. The van der Waals surface area contributed by atoms with Crippen LogP contribution in [0.15, 0.2) is 24.3 Å². The molecule has 0 aromatic heterocycles. The molecule has 1 aliphatic rings. The third-order valence-electron chi connectivity index (χ3n) is 3.40. The van der Waals surface area contributed by atoms with E-state index in [1.807, 2.05) is 24.3 Å². The normalized spacial score (nSPS) is 18.4. The first-order valence-corrected chi connectivity index (χ1v) is 6.35. The molecule has 1 aromatic rings. The summed E-state index contributed by atoms with van der Waals surface area (Å²) in [7, 11) is 0. The summed E-state index contributed by atoms with van der Waals surface area (Å²) < 4.78 is 5.51. The van der Waals surface area contributed by atoms with E-state index in [1.54, 1.807) is 6.92 Å². The summed E-state index contributed by atoms with van der Waals surface area (Å²) >= 11 is 0. The van der Waals surface area contributed by atoms with Crippen molar-refractivity contribution in [3.63, 3.8) is 0 Å². The highest BCUT2D eigenvalue weighted by molar-refractivity contribution is 5.85. The number of ether oxygens (including phenoxy) is 1. The van der Waals surface area contributed by atoms with E-state index in [9.17, 15) is 15.0 Å². The second-order valence-corrected chi connectivity index (χ2v) is 5.09. The van der Waals surface area contributed by atoms with Crippen molar-refractivity contribution >= 4 is 5.91 Å². The van der Waals surface area contributed by atoms with E-state index < -0.39 is 5.54 Å². The Morgan fingerprint density at radius 3 is 2.79 bits per heavy atom. The van der Waals surface area contributed by atoms with E-state index in [2.05, 4.69) is 5.32 Å². The Morgan fingerprint density at radius 1 is 1.42 bits per heavy atom. The maximum Gasteiger partial charge on any atom is 0.228 e. The summed E-state index contributed by atoms with van der Waals surface area (Å²) in [6.45, 7) is 1.49. The average molecular weight is 265 g/mol. The molecule has 104 valence electrons. The van der Waals surface area contributed by atoms with Gasteiger partial charge in [-0.1, -0.05) is 18.2 Å². The molecule has 0 aliphatic carbocycles. The lowest BCUT2D eigenvalue weighted by atomic mass is 9.91. The number of aliphatic hydroxyl groups excluding tert-OH is 2. The molecule has 0 radical (unpaired) electrons. The van der Waals surface area contributed by atoms with Gasteiger partial charge in [-0.15, -0.1) is 0 Å². The second-order valence-electron chi connectivity index (χ2n) is 5.09. The lowest BCUT2D eigenvalue weighted by Gasteiger charge is -2.31. The molecule has 1 aromatic carbocycles. The second kappa shape index (κ2) is 5.59. The molecule has 0 fully saturated rings. The minimum absolute atomic E-state index is 0.193. The number of hydrogen-bond donors (Lipinski definition) is 3. The number of benzene rings is 1. The molecule has 0 saturated carbocycles. The Morgan fingerprint density at radius 2 is 2.11 bits per heavy atom. The van der Waals surface area contributed by atoms with Gasteiger partial charge in [0.25, 0.3) is 0 Å². The molecule has 0 bridgehead atoms. The molecule has 1 heterocycles. The van der Waals surface area contributed by atoms with Crippen molar-refractivity contribution < 1.29 is 19.7 Å². The van der Waals surface area contributed by atoms with Gasteiger partial charge in [-0.05, 0) is 19.4 Å². The summed E-state index contributed by atoms with van der Waals surface area (Å²) in [6.07, 6.45) is 0.593. The fourth-order valence-electron chi connectivity index (χ4n) is 2.13. The molecule has 5 heteroatoms. The van der Waals surface area contributed by atoms with Crippen LogP contribution in [-0.2, 0) is 4.79 Å². The highest BCUT2D eigenvalue weighted by Crippen LogP contribution is 2.33. The molecule has 3 N–H and O–H groups in total. The predicted octanol–water partition coefficient (Wildman–Crippen LogP) is 0.412. The minimum atomic E-state index is -0.996. The fourth-order valence-corrected chi connectivity index (χ4v) is 2.13. The van der Waals surface area contributed by atoms with Crippen molar-refractivity contribution in [2.24, 2.45) is 0 Å². The first-order valence-electron chi connectivity index (χ1n) is 6.35. The smallest absolute Gasteiger partial charge is 0.228 e. The lowest BCUT2D eigenvalue weighted by molar-refractivity contribution is -0.126. The Labute approximate surface area is 112 Å². The number of rotatable bonds is 4. The first kappa shape index (κ1) is 13.8. The summed E-state index contributed by atoms with van der Waals surface area (Å²) in [6, 6.07) is 7.44. The van der Waals surface area contributed by atoms with Crippen LogP contribution in [0.3, 0.4) is 0 Å². The maximum absolute atomic E-state index is 12.3. The van der Waals surface area contributed by atoms with Crippen LogP contribution in [0.5, 0.6) is 5.75 Å². The molecule has 1 aliphatic heterocycles. The van der Waals surface area contributed by atoms with Gasteiger partial charge >= 0.3 is 0 Å². The number of nitrogens with one attached hydrogen (secondary N) is 1. The predicted molar refractivity (Wildman–Crippen MR) is 70.0 cm³/mol. The van der Waals surface area contributed by atoms with Crippen LogP contribution < -0.4 is 10.1 Å². The summed E-state index contributed by atoms with van der Waals surface area (Å²) in [5, 5.41) is 21.2. The highest BCUT2D eigenvalue weighted by Gasteiger charge is 2.32. The van der Waals surface area contributed by atoms with E-state index in [1.165, 1.54) is 0 Å². The Bertz CT molecular complexity index is 457. The quantitative estimate of drug-likeness (QED) is 0.737. The molecule has 19 heavy (non-hydrogen) atoms. The number of fused-ring (bicyclic) bond motifs is 1. The van der Waals surface area contributed by atoms with Crippen LogP contribution in [0, 0.1) is 0 Å². The van der Waals surface area contributed by atoms with E-state index in [0.717, 1.165) is 11.3 Å². The third-order valence-corrected chi connectivity index (χ3v) is 3.40.